The first-order chi connectivity index (χ1) is 6.59. The number of halogens is 1. The highest BCUT2D eigenvalue weighted by atomic mass is 127. The number of rotatable bonds is 1. The van der Waals surface area contributed by atoms with Crippen molar-refractivity contribution in [1.82, 2.24) is 0 Å². The summed E-state index contributed by atoms with van der Waals surface area (Å²) in [5, 5.41) is 8.94. The molecule has 1 aliphatic heterocycles. The van der Waals surface area contributed by atoms with E-state index >= 15 is 0 Å². The van der Waals surface area contributed by atoms with E-state index < -0.39 is 5.97 Å². The smallest absolute Gasteiger partial charge is 0.339 e. The van der Waals surface area contributed by atoms with Gasteiger partial charge in [-0.3, -0.25) is 0 Å². The Bertz CT molecular complexity index is 405. The third-order valence-corrected chi connectivity index (χ3v) is 2.74. The minimum atomic E-state index is -0.978. The lowest BCUT2D eigenvalue weighted by molar-refractivity contribution is 0.0693. The molecular formula is C9H8INO3. The summed E-state index contributed by atoms with van der Waals surface area (Å²) in [5.41, 5.74) is 6.74. The zero-order chi connectivity index (χ0) is 10.3. The summed E-state index contributed by atoms with van der Waals surface area (Å²) in [6.07, 6.45) is 0. The Kier molecular flexibility index (Phi) is 2.36. The second-order valence-electron chi connectivity index (χ2n) is 3.09. The van der Waals surface area contributed by atoms with Crippen molar-refractivity contribution in [3.8, 4) is 5.75 Å². The zero-order valence-corrected chi connectivity index (χ0v) is 9.32. The highest BCUT2D eigenvalue weighted by Crippen LogP contribution is 2.35. The van der Waals surface area contributed by atoms with Crippen LogP contribution in [-0.4, -0.2) is 17.7 Å². The van der Waals surface area contributed by atoms with E-state index in [9.17, 15) is 4.79 Å². The summed E-state index contributed by atoms with van der Waals surface area (Å²) >= 11 is 2.07. The number of hydrogen-bond donors (Lipinski definition) is 2. The molecule has 1 heterocycles. The summed E-state index contributed by atoms with van der Waals surface area (Å²) in [7, 11) is 0. The molecule has 5 heteroatoms. The molecule has 1 atom stereocenters. The Hall–Kier alpha value is -0.820. The molecule has 74 valence electrons. The van der Waals surface area contributed by atoms with Crippen molar-refractivity contribution in [2.75, 3.05) is 6.61 Å². The topological polar surface area (TPSA) is 72.5 Å². The lowest BCUT2D eigenvalue weighted by atomic mass is 10.1. The predicted molar refractivity (Wildman–Crippen MR) is 58.5 cm³/mol. The Morgan fingerprint density at radius 3 is 3.00 bits per heavy atom. The van der Waals surface area contributed by atoms with Crippen LogP contribution in [0.15, 0.2) is 12.1 Å². The Labute approximate surface area is 94.2 Å². The van der Waals surface area contributed by atoms with Crippen molar-refractivity contribution in [3.63, 3.8) is 0 Å². The van der Waals surface area contributed by atoms with Gasteiger partial charge in [-0.1, -0.05) is 0 Å². The van der Waals surface area contributed by atoms with Crippen molar-refractivity contribution in [2.24, 2.45) is 5.73 Å². The molecular weight excluding hydrogens is 297 g/mol. The van der Waals surface area contributed by atoms with E-state index in [4.69, 9.17) is 15.6 Å². The van der Waals surface area contributed by atoms with Gasteiger partial charge in [-0.25, -0.2) is 4.79 Å². The number of carbonyl (C=O) groups is 1. The average Bonchev–Trinajstić information content (AvgIpc) is 2.47. The monoisotopic (exact) mass is 305 g/mol. The van der Waals surface area contributed by atoms with E-state index in [0.717, 1.165) is 9.13 Å². The molecule has 0 radical (unpaired) electrons. The van der Waals surface area contributed by atoms with E-state index in [1.54, 1.807) is 6.07 Å². The van der Waals surface area contributed by atoms with Gasteiger partial charge < -0.3 is 15.6 Å². The van der Waals surface area contributed by atoms with Crippen molar-refractivity contribution in [3.05, 3.63) is 26.8 Å². The fourth-order valence-electron chi connectivity index (χ4n) is 1.47. The Balaban J connectivity index is 2.63. The number of benzene rings is 1. The number of carboxylic acid groups (broad SMARTS) is 1. The third-order valence-electron chi connectivity index (χ3n) is 2.12. The van der Waals surface area contributed by atoms with Gasteiger partial charge >= 0.3 is 5.97 Å². The van der Waals surface area contributed by atoms with Gasteiger partial charge in [0.25, 0.3) is 0 Å². The molecule has 0 fully saturated rings. The maximum atomic E-state index is 10.9. The Morgan fingerprint density at radius 1 is 1.64 bits per heavy atom. The van der Waals surface area contributed by atoms with Gasteiger partial charge in [0.1, 0.15) is 17.9 Å². The summed E-state index contributed by atoms with van der Waals surface area (Å²) in [5.74, 6) is -0.556. The van der Waals surface area contributed by atoms with Crippen LogP contribution in [0.1, 0.15) is 22.0 Å². The molecule has 0 spiro atoms. The van der Waals surface area contributed by atoms with Gasteiger partial charge in [-0.15, -0.1) is 0 Å². The van der Waals surface area contributed by atoms with Crippen LogP contribution >= 0.6 is 22.6 Å². The minimum absolute atomic E-state index is 0.194. The number of nitrogens with two attached hydrogens (primary N) is 1. The van der Waals surface area contributed by atoms with Crippen LogP contribution in [0.2, 0.25) is 0 Å². The molecule has 14 heavy (non-hydrogen) atoms. The van der Waals surface area contributed by atoms with E-state index in [1.807, 2.05) is 6.07 Å². The standard InChI is InChI=1S/C9H8INO3/c10-4-1-5-7(11)3-14-8(5)6(2-4)9(12)13/h1-2,7H,3,11H2,(H,12,13)/t7-/m0/s1. The molecule has 0 aromatic heterocycles. The van der Waals surface area contributed by atoms with Crippen LogP contribution in [0.5, 0.6) is 5.75 Å². The second-order valence-corrected chi connectivity index (χ2v) is 4.34. The SMILES string of the molecule is N[C@H]1COc2c(C(=O)O)cc(I)cc21. The van der Waals surface area contributed by atoms with Gasteiger partial charge in [0, 0.05) is 9.13 Å². The summed E-state index contributed by atoms with van der Waals surface area (Å²) in [6, 6.07) is 3.23. The number of hydrogen-bond acceptors (Lipinski definition) is 3. The van der Waals surface area contributed by atoms with Gasteiger partial charge in [-0.2, -0.15) is 0 Å². The number of carboxylic acids is 1. The molecule has 0 unspecified atom stereocenters. The molecule has 0 aliphatic carbocycles. The highest BCUT2D eigenvalue weighted by molar-refractivity contribution is 14.1. The fraction of sp³-hybridized carbons (Fsp3) is 0.222. The van der Waals surface area contributed by atoms with Crippen molar-refractivity contribution in [2.45, 2.75) is 6.04 Å². The number of fused-ring (bicyclic) bond motifs is 1. The molecule has 1 aliphatic rings. The molecule has 0 bridgehead atoms. The van der Waals surface area contributed by atoms with Crippen molar-refractivity contribution >= 4 is 28.6 Å². The number of ether oxygens (including phenoxy) is 1. The summed E-state index contributed by atoms with van der Waals surface area (Å²) < 4.78 is 6.11. The maximum absolute atomic E-state index is 10.9. The quantitative estimate of drug-likeness (QED) is 0.769. The van der Waals surface area contributed by atoms with Crippen molar-refractivity contribution in [1.29, 1.82) is 0 Å². The third kappa shape index (κ3) is 1.46. The van der Waals surface area contributed by atoms with Crippen LogP contribution < -0.4 is 10.5 Å². The van der Waals surface area contributed by atoms with E-state index in [-0.39, 0.29) is 11.6 Å². The largest absolute Gasteiger partial charge is 0.490 e. The lowest BCUT2D eigenvalue weighted by Crippen LogP contribution is -2.10. The summed E-state index contributed by atoms with van der Waals surface area (Å²) in [6.45, 7) is 0.357. The normalized spacial score (nSPS) is 18.9. The van der Waals surface area contributed by atoms with Crippen LogP contribution in [-0.2, 0) is 0 Å². The predicted octanol–water partition coefficient (Wildman–Crippen LogP) is 1.38. The highest BCUT2D eigenvalue weighted by Gasteiger charge is 2.26. The van der Waals surface area contributed by atoms with E-state index in [1.165, 1.54) is 0 Å². The molecule has 2 rings (SSSR count). The molecule has 1 aromatic rings. The second kappa shape index (κ2) is 3.39. The zero-order valence-electron chi connectivity index (χ0n) is 7.16. The first kappa shape index (κ1) is 9.72. The van der Waals surface area contributed by atoms with Crippen LogP contribution in [0, 0.1) is 3.57 Å². The van der Waals surface area contributed by atoms with Crippen LogP contribution in [0.4, 0.5) is 0 Å². The molecule has 0 amide bonds. The summed E-state index contributed by atoms with van der Waals surface area (Å²) in [4.78, 5) is 10.9. The molecule has 3 N–H and O–H groups in total. The first-order valence-electron chi connectivity index (χ1n) is 4.04. The maximum Gasteiger partial charge on any atom is 0.339 e. The molecule has 0 saturated carbocycles. The molecule has 1 aromatic carbocycles. The molecule has 4 nitrogen and oxygen atoms in total. The molecule has 0 saturated heterocycles. The number of aromatic carboxylic acids is 1. The Morgan fingerprint density at radius 2 is 2.36 bits per heavy atom. The van der Waals surface area contributed by atoms with Gasteiger partial charge in [0.05, 0.1) is 6.04 Å². The minimum Gasteiger partial charge on any atom is -0.490 e. The van der Waals surface area contributed by atoms with Gasteiger partial charge in [-0.05, 0) is 34.7 Å². The fourth-order valence-corrected chi connectivity index (χ4v) is 2.12. The van der Waals surface area contributed by atoms with Crippen LogP contribution in [0.3, 0.4) is 0 Å². The van der Waals surface area contributed by atoms with Crippen molar-refractivity contribution < 1.29 is 14.6 Å². The average molecular weight is 305 g/mol. The van der Waals surface area contributed by atoms with Gasteiger partial charge in [0.2, 0.25) is 0 Å². The van der Waals surface area contributed by atoms with E-state index in [0.29, 0.717) is 12.4 Å². The first-order valence-corrected chi connectivity index (χ1v) is 5.12. The van der Waals surface area contributed by atoms with Crippen LogP contribution in [0.25, 0.3) is 0 Å². The van der Waals surface area contributed by atoms with Gasteiger partial charge in [0.15, 0.2) is 0 Å². The van der Waals surface area contributed by atoms with E-state index in [2.05, 4.69) is 22.6 Å². The lowest BCUT2D eigenvalue weighted by Gasteiger charge is -2.05.